The Morgan fingerprint density at radius 1 is 1.12 bits per heavy atom. The van der Waals surface area contributed by atoms with Gasteiger partial charge in [-0.3, -0.25) is 4.90 Å². The number of sulfonamides is 1. The molecule has 26 heavy (non-hydrogen) atoms. The minimum absolute atomic E-state index is 0.0598. The summed E-state index contributed by atoms with van der Waals surface area (Å²) in [7, 11) is -3.54. The van der Waals surface area contributed by atoms with Crippen LogP contribution in [0.15, 0.2) is 29.2 Å². The van der Waals surface area contributed by atoms with Gasteiger partial charge in [-0.05, 0) is 58.5 Å². The Morgan fingerprint density at radius 3 is 2.19 bits per heavy atom. The summed E-state index contributed by atoms with van der Waals surface area (Å²) in [5.74, 6) is 0.674. The molecular formula is C19H33N3O3S. The maximum atomic E-state index is 12.6. The second-order valence-corrected chi connectivity index (χ2v) is 9.46. The quantitative estimate of drug-likeness (QED) is 0.745. The van der Waals surface area contributed by atoms with E-state index in [1.54, 1.807) is 24.3 Å². The van der Waals surface area contributed by atoms with Crippen LogP contribution in [0.3, 0.4) is 0 Å². The fourth-order valence-corrected chi connectivity index (χ4v) is 4.31. The summed E-state index contributed by atoms with van der Waals surface area (Å²) in [6.07, 6.45) is 0.0598. The molecule has 0 aromatic heterocycles. The van der Waals surface area contributed by atoms with E-state index in [0.717, 1.165) is 32.7 Å². The summed E-state index contributed by atoms with van der Waals surface area (Å²) in [6, 6.07) is 6.58. The Hall–Kier alpha value is -1.15. The van der Waals surface area contributed by atoms with Crippen molar-refractivity contribution < 1.29 is 13.2 Å². The van der Waals surface area contributed by atoms with Gasteiger partial charge in [0.25, 0.3) is 0 Å². The van der Waals surface area contributed by atoms with E-state index in [9.17, 15) is 8.42 Å². The Kier molecular flexibility index (Phi) is 7.07. The molecule has 1 aromatic rings. The van der Waals surface area contributed by atoms with Crippen LogP contribution >= 0.6 is 0 Å². The molecule has 0 radical (unpaired) electrons. The second kappa shape index (κ2) is 8.69. The Labute approximate surface area is 158 Å². The summed E-state index contributed by atoms with van der Waals surface area (Å²) in [4.78, 5) is 5.04. The zero-order valence-electron chi connectivity index (χ0n) is 16.7. The first kappa shape index (κ1) is 21.2. The minimum atomic E-state index is -3.54. The molecule has 0 spiro atoms. The molecule has 1 aromatic carbocycles. The van der Waals surface area contributed by atoms with Gasteiger partial charge in [0, 0.05) is 38.3 Å². The largest absolute Gasteiger partial charge is 0.491 e. The van der Waals surface area contributed by atoms with Crippen LogP contribution in [0.2, 0.25) is 0 Å². The highest BCUT2D eigenvalue weighted by atomic mass is 32.2. The Morgan fingerprint density at radius 2 is 1.69 bits per heavy atom. The van der Waals surface area contributed by atoms with Crippen LogP contribution in [-0.4, -0.2) is 69.1 Å². The third-order valence-electron chi connectivity index (χ3n) is 4.88. The van der Waals surface area contributed by atoms with Crippen LogP contribution < -0.4 is 9.46 Å². The standard InChI is InChI=1S/C19H33N3O3S/c1-6-21-11-13-22(14-12-21)19(4,5)15-20-26(23,24)18-9-7-17(8-10-18)25-16(2)3/h7-10,16,20H,6,11-15H2,1-5H3. The molecule has 0 unspecified atom stereocenters. The van der Waals surface area contributed by atoms with Crippen LogP contribution in [0.4, 0.5) is 0 Å². The molecule has 2 rings (SSSR count). The average molecular weight is 384 g/mol. The number of likely N-dealkylation sites (N-methyl/N-ethyl adjacent to an activating group) is 1. The van der Waals surface area contributed by atoms with Crippen molar-refractivity contribution in [3.05, 3.63) is 24.3 Å². The highest BCUT2D eigenvalue weighted by Gasteiger charge is 2.31. The highest BCUT2D eigenvalue weighted by Crippen LogP contribution is 2.19. The van der Waals surface area contributed by atoms with E-state index in [0.29, 0.717) is 12.3 Å². The van der Waals surface area contributed by atoms with Crippen molar-refractivity contribution in [3.8, 4) is 5.75 Å². The monoisotopic (exact) mass is 383 g/mol. The van der Waals surface area contributed by atoms with Crippen LogP contribution in [-0.2, 0) is 10.0 Å². The second-order valence-electron chi connectivity index (χ2n) is 7.70. The topological polar surface area (TPSA) is 61.9 Å². The van der Waals surface area contributed by atoms with E-state index in [2.05, 4.69) is 35.3 Å². The van der Waals surface area contributed by atoms with E-state index in [-0.39, 0.29) is 16.5 Å². The van der Waals surface area contributed by atoms with Crippen LogP contribution in [0.1, 0.15) is 34.6 Å². The summed E-state index contributed by atoms with van der Waals surface area (Å²) in [6.45, 7) is 15.7. The third kappa shape index (κ3) is 5.67. The molecule has 0 aliphatic carbocycles. The van der Waals surface area contributed by atoms with Crippen molar-refractivity contribution in [1.29, 1.82) is 0 Å². The first-order valence-electron chi connectivity index (χ1n) is 9.38. The zero-order chi connectivity index (χ0) is 19.4. The first-order chi connectivity index (χ1) is 12.1. The fourth-order valence-electron chi connectivity index (χ4n) is 3.11. The molecule has 1 heterocycles. The van der Waals surface area contributed by atoms with Gasteiger partial charge in [-0.1, -0.05) is 6.92 Å². The van der Waals surface area contributed by atoms with E-state index in [4.69, 9.17) is 4.74 Å². The Balaban J connectivity index is 1.96. The molecule has 7 heteroatoms. The lowest BCUT2D eigenvalue weighted by atomic mass is 10.0. The van der Waals surface area contributed by atoms with Gasteiger partial charge >= 0.3 is 0 Å². The molecule has 1 N–H and O–H groups in total. The van der Waals surface area contributed by atoms with E-state index < -0.39 is 10.0 Å². The zero-order valence-corrected chi connectivity index (χ0v) is 17.5. The van der Waals surface area contributed by atoms with E-state index in [1.807, 2.05) is 13.8 Å². The number of rotatable bonds is 8. The predicted molar refractivity (Wildman–Crippen MR) is 105 cm³/mol. The van der Waals surface area contributed by atoms with Crippen molar-refractivity contribution in [2.24, 2.45) is 0 Å². The van der Waals surface area contributed by atoms with Gasteiger partial charge < -0.3 is 9.64 Å². The van der Waals surface area contributed by atoms with E-state index in [1.165, 1.54) is 0 Å². The summed E-state index contributed by atoms with van der Waals surface area (Å²) >= 11 is 0. The molecule has 0 atom stereocenters. The first-order valence-corrected chi connectivity index (χ1v) is 10.9. The lowest BCUT2D eigenvalue weighted by Gasteiger charge is -2.44. The van der Waals surface area contributed by atoms with Gasteiger partial charge in [0.05, 0.1) is 11.0 Å². The van der Waals surface area contributed by atoms with Crippen molar-refractivity contribution in [1.82, 2.24) is 14.5 Å². The number of ether oxygens (including phenoxy) is 1. The fraction of sp³-hybridized carbons (Fsp3) is 0.684. The van der Waals surface area contributed by atoms with Gasteiger partial charge in [-0.25, -0.2) is 13.1 Å². The smallest absolute Gasteiger partial charge is 0.240 e. The molecule has 1 saturated heterocycles. The van der Waals surface area contributed by atoms with Crippen LogP contribution in [0, 0.1) is 0 Å². The number of hydrogen-bond acceptors (Lipinski definition) is 5. The molecule has 1 fully saturated rings. The number of nitrogens with zero attached hydrogens (tertiary/aromatic N) is 2. The molecule has 0 bridgehead atoms. The molecule has 0 saturated carbocycles. The van der Waals surface area contributed by atoms with Gasteiger partial charge in [0.2, 0.25) is 10.0 Å². The molecule has 1 aliphatic heterocycles. The predicted octanol–water partition coefficient (Wildman–Crippen LogP) is 2.17. The van der Waals surface area contributed by atoms with Crippen LogP contribution in [0.5, 0.6) is 5.75 Å². The SMILES string of the molecule is CCN1CCN(C(C)(C)CNS(=O)(=O)c2ccc(OC(C)C)cc2)CC1. The van der Waals surface area contributed by atoms with Crippen LogP contribution in [0.25, 0.3) is 0 Å². The molecule has 1 aliphatic rings. The number of benzene rings is 1. The number of nitrogens with one attached hydrogen (secondary N) is 1. The lowest BCUT2D eigenvalue weighted by Crippen LogP contribution is -2.58. The number of hydrogen-bond donors (Lipinski definition) is 1. The minimum Gasteiger partial charge on any atom is -0.491 e. The van der Waals surface area contributed by atoms with Gasteiger partial charge in [0.15, 0.2) is 0 Å². The molecule has 6 nitrogen and oxygen atoms in total. The summed E-state index contributed by atoms with van der Waals surface area (Å²) in [5.41, 5.74) is -0.229. The maximum Gasteiger partial charge on any atom is 0.240 e. The van der Waals surface area contributed by atoms with Crippen molar-refractivity contribution >= 4 is 10.0 Å². The normalized spacial score (nSPS) is 17.6. The van der Waals surface area contributed by atoms with Crippen molar-refractivity contribution in [2.45, 2.75) is 51.2 Å². The summed E-state index contributed by atoms with van der Waals surface area (Å²) in [5, 5.41) is 0. The van der Waals surface area contributed by atoms with Gasteiger partial charge in [-0.15, -0.1) is 0 Å². The lowest BCUT2D eigenvalue weighted by molar-refractivity contribution is 0.0571. The van der Waals surface area contributed by atoms with Crippen molar-refractivity contribution in [2.75, 3.05) is 39.3 Å². The number of piperazine rings is 1. The maximum absolute atomic E-state index is 12.6. The highest BCUT2D eigenvalue weighted by molar-refractivity contribution is 7.89. The Bertz CT molecular complexity index is 664. The average Bonchev–Trinajstić information content (AvgIpc) is 2.60. The molecule has 148 valence electrons. The molecule has 0 amide bonds. The molecular weight excluding hydrogens is 350 g/mol. The van der Waals surface area contributed by atoms with E-state index >= 15 is 0 Å². The van der Waals surface area contributed by atoms with Gasteiger partial charge in [-0.2, -0.15) is 0 Å². The summed E-state index contributed by atoms with van der Waals surface area (Å²) < 4.78 is 33.6. The van der Waals surface area contributed by atoms with Gasteiger partial charge in [0.1, 0.15) is 5.75 Å². The third-order valence-corrected chi connectivity index (χ3v) is 6.29. The van der Waals surface area contributed by atoms with Crippen molar-refractivity contribution in [3.63, 3.8) is 0 Å².